The molecule has 2 heterocycles. The first-order chi connectivity index (χ1) is 6.20. The number of aromatic nitrogens is 2. The van der Waals surface area contributed by atoms with Gasteiger partial charge < -0.3 is 4.74 Å². The quantitative estimate of drug-likeness (QED) is 0.591. The maximum Gasteiger partial charge on any atom is 0.263 e. The second-order valence-electron chi connectivity index (χ2n) is 2.41. The lowest BCUT2D eigenvalue weighted by Gasteiger charge is -2.01. The Hall–Kier alpha value is -1.21. The van der Waals surface area contributed by atoms with E-state index in [1.165, 1.54) is 12.4 Å². The molecule has 0 unspecified atom stereocenters. The van der Waals surface area contributed by atoms with E-state index < -0.39 is 10.0 Å². The molecule has 1 aromatic rings. The van der Waals surface area contributed by atoms with Gasteiger partial charge in [-0.2, -0.15) is 0 Å². The van der Waals surface area contributed by atoms with Crippen LogP contribution in [0.1, 0.15) is 0 Å². The molecule has 0 amide bonds. The van der Waals surface area contributed by atoms with Gasteiger partial charge in [0, 0.05) is 18.9 Å². The van der Waals surface area contributed by atoms with Gasteiger partial charge in [0.25, 0.3) is 15.9 Å². The molecule has 1 aliphatic heterocycles. The van der Waals surface area contributed by atoms with Crippen molar-refractivity contribution < 1.29 is 13.2 Å². The van der Waals surface area contributed by atoms with Crippen LogP contribution in [-0.2, 0) is 10.0 Å². The molecule has 0 radical (unpaired) electrons. The molecule has 0 aliphatic carbocycles. The largest absolute Gasteiger partial charge is 0.474 e. The molecular formula is C6H7N3O3S. The maximum absolute atomic E-state index is 11.4. The highest BCUT2D eigenvalue weighted by Crippen LogP contribution is 2.18. The van der Waals surface area contributed by atoms with Crippen molar-refractivity contribution in [1.29, 1.82) is 0 Å². The van der Waals surface area contributed by atoms with E-state index in [9.17, 15) is 8.42 Å². The van der Waals surface area contributed by atoms with Gasteiger partial charge in [0.15, 0.2) is 0 Å². The van der Waals surface area contributed by atoms with E-state index in [-0.39, 0.29) is 24.1 Å². The van der Waals surface area contributed by atoms with Gasteiger partial charge in [-0.3, -0.25) is 0 Å². The summed E-state index contributed by atoms with van der Waals surface area (Å²) in [6, 6.07) is 0. The molecule has 1 aliphatic rings. The van der Waals surface area contributed by atoms with E-state index in [2.05, 4.69) is 14.7 Å². The summed E-state index contributed by atoms with van der Waals surface area (Å²) in [6.07, 6.45) is 2.70. The lowest BCUT2D eigenvalue weighted by atomic mass is 10.7. The summed E-state index contributed by atoms with van der Waals surface area (Å²) >= 11 is 0. The van der Waals surface area contributed by atoms with E-state index >= 15 is 0 Å². The maximum atomic E-state index is 11.4. The molecule has 0 saturated carbocycles. The molecule has 0 spiro atoms. The van der Waals surface area contributed by atoms with Gasteiger partial charge in [-0.25, -0.2) is 23.1 Å². The fourth-order valence-electron chi connectivity index (χ4n) is 0.988. The van der Waals surface area contributed by atoms with Crippen molar-refractivity contribution >= 4 is 10.0 Å². The lowest BCUT2D eigenvalue weighted by Crippen LogP contribution is -2.25. The number of hydrogen-bond acceptors (Lipinski definition) is 5. The molecule has 7 heteroatoms. The molecular weight excluding hydrogens is 194 g/mol. The average molecular weight is 201 g/mol. The third-order valence-electron chi connectivity index (χ3n) is 1.52. The standard InChI is InChI=1S/C6H7N3O3S/c10-13(11)6-5(7-1-2-8-6)12-4-3-9-13/h1-2,9H,3-4H2. The fraction of sp³-hybridized carbons (Fsp3) is 0.333. The molecule has 6 nitrogen and oxygen atoms in total. The Kier molecular flexibility index (Phi) is 1.89. The Morgan fingerprint density at radius 3 is 3.00 bits per heavy atom. The van der Waals surface area contributed by atoms with Gasteiger partial charge in [0.1, 0.15) is 6.61 Å². The summed E-state index contributed by atoms with van der Waals surface area (Å²) in [5, 5.41) is -0.146. The van der Waals surface area contributed by atoms with Crippen molar-refractivity contribution in [2.24, 2.45) is 0 Å². The van der Waals surface area contributed by atoms with E-state index in [1.54, 1.807) is 0 Å². The first kappa shape index (κ1) is 8.39. The molecule has 0 bridgehead atoms. The molecule has 0 fully saturated rings. The van der Waals surface area contributed by atoms with Gasteiger partial charge in [-0.15, -0.1) is 0 Å². The smallest absolute Gasteiger partial charge is 0.263 e. The summed E-state index contributed by atoms with van der Waals surface area (Å²) < 4.78 is 30.2. The van der Waals surface area contributed by atoms with Crippen molar-refractivity contribution in [3.05, 3.63) is 12.4 Å². The number of nitrogens with one attached hydrogen (secondary N) is 1. The van der Waals surface area contributed by atoms with Crippen molar-refractivity contribution in [2.75, 3.05) is 13.2 Å². The fourth-order valence-corrected chi connectivity index (χ4v) is 2.02. The Morgan fingerprint density at radius 1 is 1.38 bits per heavy atom. The number of fused-ring (bicyclic) bond motifs is 1. The Morgan fingerprint density at radius 2 is 2.15 bits per heavy atom. The topological polar surface area (TPSA) is 81.2 Å². The van der Waals surface area contributed by atoms with Crippen LogP contribution in [0.3, 0.4) is 0 Å². The highest BCUT2D eigenvalue weighted by Gasteiger charge is 2.24. The SMILES string of the molecule is O=S1(=O)NCCOc2nccnc21. The van der Waals surface area contributed by atoms with Crippen LogP contribution in [0.15, 0.2) is 17.4 Å². The van der Waals surface area contributed by atoms with Gasteiger partial charge in [0.2, 0.25) is 5.03 Å². The van der Waals surface area contributed by atoms with Crippen LogP contribution in [0, 0.1) is 0 Å². The molecule has 13 heavy (non-hydrogen) atoms. The minimum absolute atomic E-state index is 0.0625. The van der Waals surface area contributed by atoms with Crippen LogP contribution in [-0.4, -0.2) is 31.5 Å². The third-order valence-corrected chi connectivity index (χ3v) is 2.89. The summed E-state index contributed by atoms with van der Waals surface area (Å²) in [6.45, 7) is 0.505. The van der Waals surface area contributed by atoms with Crippen molar-refractivity contribution in [2.45, 2.75) is 5.03 Å². The second kappa shape index (κ2) is 2.93. The van der Waals surface area contributed by atoms with Crippen molar-refractivity contribution in [3.8, 4) is 5.88 Å². The van der Waals surface area contributed by atoms with Crippen LogP contribution >= 0.6 is 0 Å². The summed E-state index contributed by atoms with van der Waals surface area (Å²) in [5.41, 5.74) is 0. The minimum atomic E-state index is -3.53. The van der Waals surface area contributed by atoms with Crippen LogP contribution < -0.4 is 9.46 Å². The summed E-state index contributed by atoms with van der Waals surface area (Å²) in [4.78, 5) is 7.47. The van der Waals surface area contributed by atoms with E-state index in [4.69, 9.17) is 4.74 Å². The highest BCUT2D eigenvalue weighted by atomic mass is 32.2. The first-order valence-corrected chi connectivity index (χ1v) is 5.12. The van der Waals surface area contributed by atoms with Crippen LogP contribution in [0.2, 0.25) is 0 Å². The Bertz CT molecular complexity index is 417. The van der Waals surface area contributed by atoms with Gasteiger partial charge in [0.05, 0.1) is 0 Å². The predicted molar refractivity (Wildman–Crippen MR) is 42.7 cm³/mol. The molecule has 1 N–H and O–H groups in total. The van der Waals surface area contributed by atoms with Gasteiger partial charge in [-0.05, 0) is 0 Å². The van der Waals surface area contributed by atoms with Gasteiger partial charge in [-0.1, -0.05) is 0 Å². The van der Waals surface area contributed by atoms with E-state index in [1.807, 2.05) is 0 Å². The molecule has 0 saturated heterocycles. The Balaban J connectivity index is 2.62. The molecule has 0 aromatic carbocycles. The highest BCUT2D eigenvalue weighted by molar-refractivity contribution is 7.89. The molecule has 0 atom stereocenters. The number of nitrogens with zero attached hydrogens (tertiary/aromatic N) is 2. The zero-order chi connectivity index (χ0) is 9.31. The second-order valence-corrected chi connectivity index (χ2v) is 4.10. The molecule has 70 valence electrons. The summed E-state index contributed by atoms with van der Waals surface area (Å²) in [5.74, 6) is 0.0625. The number of hydrogen-bond donors (Lipinski definition) is 1. The number of ether oxygens (including phenoxy) is 1. The molecule has 2 rings (SSSR count). The van der Waals surface area contributed by atoms with Crippen LogP contribution in [0.5, 0.6) is 5.88 Å². The normalized spacial score (nSPS) is 19.7. The monoisotopic (exact) mass is 201 g/mol. The van der Waals surface area contributed by atoms with E-state index in [0.717, 1.165) is 0 Å². The first-order valence-electron chi connectivity index (χ1n) is 3.63. The van der Waals surface area contributed by atoms with Gasteiger partial charge >= 0.3 is 0 Å². The number of rotatable bonds is 0. The van der Waals surface area contributed by atoms with E-state index in [0.29, 0.717) is 0 Å². The number of sulfonamides is 1. The average Bonchev–Trinajstić information content (AvgIpc) is 2.26. The van der Waals surface area contributed by atoms with Crippen LogP contribution in [0.4, 0.5) is 0 Å². The van der Waals surface area contributed by atoms with Crippen molar-refractivity contribution in [1.82, 2.24) is 14.7 Å². The zero-order valence-corrected chi connectivity index (χ0v) is 7.41. The predicted octanol–water partition coefficient (Wildman–Crippen LogP) is -0.853. The van der Waals surface area contributed by atoms with Crippen LogP contribution in [0.25, 0.3) is 0 Å². The lowest BCUT2D eigenvalue weighted by molar-refractivity contribution is 0.305. The van der Waals surface area contributed by atoms with Crippen molar-refractivity contribution in [3.63, 3.8) is 0 Å². The minimum Gasteiger partial charge on any atom is -0.474 e. The third kappa shape index (κ3) is 1.47. The zero-order valence-electron chi connectivity index (χ0n) is 6.60. The summed E-state index contributed by atoms with van der Waals surface area (Å²) in [7, 11) is -3.53. The Labute approximate surface area is 75.0 Å². The molecule has 1 aromatic heterocycles.